The largest absolute Gasteiger partial charge is 0.508 e. The van der Waals surface area contributed by atoms with Gasteiger partial charge in [-0.05, 0) is 36.4 Å². The molecule has 5 rings (SSSR count). The van der Waals surface area contributed by atoms with Gasteiger partial charge in [-0.25, -0.2) is 4.98 Å². The predicted molar refractivity (Wildman–Crippen MR) is 107 cm³/mol. The fourth-order valence-corrected chi connectivity index (χ4v) is 3.69. The number of nitrogens with zero attached hydrogens (tertiary/aromatic N) is 1. The van der Waals surface area contributed by atoms with Crippen molar-refractivity contribution in [3.63, 3.8) is 0 Å². The van der Waals surface area contributed by atoms with E-state index in [4.69, 9.17) is 4.98 Å². The number of phenols is 2. The van der Waals surface area contributed by atoms with Gasteiger partial charge >= 0.3 is 0 Å². The van der Waals surface area contributed by atoms with Crippen LogP contribution in [0.2, 0.25) is 0 Å². The number of aromatic nitrogens is 1. The molecule has 0 aliphatic heterocycles. The Morgan fingerprint density at radius 2 is 1.32 bits per heavy atom. The minimum absolute atomic E-state index is 0.0893. The molecule has 0 amide bonds. The summed E-state index contributed by atoms with van der Waals surface area (Å²) in [5.74, 6) is 0.191. The molecule has 4 nitrogen and oxygen atoms in total. The number of benzene rings is 3. The third-order valence-electron chi connectivity index (χ3n) is 5.03. The van der Waals surface area contributed by atoms with Crippen LogP contribution in [0.25, 0.3) is 33.6 Å². The lowest BCUT2D eigenvalue weighted by atomic mass is 9.95. The Hall–Kier alpha value is -3.92. The maximum atomic E-state index is 13.1. The highest BCUT2D eigenvalue weighted by Gasteiger charge is 2.32. The van der Waals surface area contributed by atoms with Crippen LogP contribution in [0.4, 0.5) is 0 Å². The van der Waals surface area contributed by atoms with E-state index in [0.29, 0.717) is 33.6 Å². The molecular formula is C24H15NO3. The van der Waals surface area contributed by atoms with Crippen molar-refractivity contribution >= 4 is 5.78 Å². The van der Waals surface area contributed by atoms with Crippen LogP contribution in [0.5, 0.6) is 11.5 Å². The monoisotopic (exact) mass is 365 g/mol. The van der Waals surface area contributed by atoms with Crippen LogP contribution in [0.1, 0.15) is 15.9 Å². The van der Waals surface area contributed by atoms with Gasteiger partial charge in [0.2, 0.25) is 0 Å². The molecule has 1 aliphatic rings. The highest BCUT2D eigenvalue weighted by molar-refractivity contribution is 6.24. The standard InChI is InChI=1S/C24H15NO3/c26-15-11-9-14(10-12-15)20-13-19(16-5-3-4-8-21(16)27)22-23(25-20)17-6-1-2-7-18(17)24(22)28/h1-13,26-27H. The van der Waals surface area contributed by atoms with E-state index in [1.54, 1.807) is 48.5 Å². The Morgan fingerprint density at radius 3 is 2.04 bits per heavy atom. The fraction of sp³-hybridized carbons (Fsp3) is 0. The van der Waals surface area contributed by atoms with Gasteiger partial charge in [0.05, 0.1) is 17.0 Å². The summed E-state index contributed by atoms with van der Waals surface area (Å²) in [6.07, 6.45) is 0. The molecule has 4 aromatic rings. The molecule has 1 aliphatic carbocycles. The molecule has 3 aromatic carbocycles. The first-order valence-corrected chi connectivity index (χ1v) is 8.90. The molecule has 0 spiro atoms. The summed E-state index contributed by atoms with van der Waals surface area (Å²) >= 11 is 0. The number of phenolic OH excluding ortho intramolecular Hbond substituents is 2. The average Bonchev–Trinajstić information content (AvgIpc) is 3.01. The van der Waals surface area contributed by atoms with Gasteiger partial charge in [0.25, 0.3) is 0 Å². The van der Waals surface area contributed by atoms with Crippen molar-refractivity contribution in [3.05, 3.63) is 90.0 Å². The van der Waals surface area contributed by atoms with E-state index in [1.165, 1.54) is 0 Å². The van der Waals surface area contributed by atoms with Gasteiger partial charge in [0.1, 0.15) is 11.5 Å². The smallest absolute Gasteiger partial charge is 0.196 e. The Kier molecular flexibility index (Phi) is 3.52. The lowest BCUT2D eigenvalue weighted by Crippen LogP contribution is -2.00. The van der Waals surface area contributed by atoms with Crippen molar-refractivity contribution in [1.82, 2.24) is 4.98 Å². The molecule has 1 heterocycles. The molecule has 0 radical (unpaired) electrons. The summed E-state index contributed by atoms with van der Waals surface area (Å²) in [4.78, 5) is 17.9. The minimum Gasteiger partial charge on any atom is -0.508 e. The maximum absolute atomic E-state index is 13.1. The first-order valence-electron chi connectivity index (χ1n) is 8.90. The van der Waals surface area contributed by atoms with Gasteiger partial charge in [-0.15, -0.1) is 0 Å². The normalized spacial score (nSPS) is 11.9. The molecule has 0 unspecified atom stereocenters. The second-order valence-electron chi connectivity index (χ2n) is 6.72. The van der Waals surface area contributed by atoms with E-state index in [0.717, 1.165) is 11.1 Å². The molecule has 0 fully saturated rings. The zero-order chi connectivity index (χ0) is 19.3. The molecule has 28 heavy (non-hydrogen) atoms. The fourth-order valence-electron chi connectivity index (χ4n) is 3.69. The number of ketones is 1. The summed E-state index contributed by atoms with van der Waals surface area (Å²) in [6.45, 7) is 0. The zero-order valence-electron chi connectivity index (χ0n) is 14.8. The van der Waals surface area contributed by atoms with Crippen molar-refractivity contribution in [3.8, 4) is 45.1 Å². The predicted octanol–water partition coefficient (Wildman–Crippen LogP) is 5.04. The summed E-state index contributed by atoms with van der Waals surface area (Å²) in [5, 5.41) is 20.0. The third kappa shape index (κ3) is 2.39. The quantitative estimate of drug-likeness (QED) is 0.460. The summed E-state index contributed by atoms with van der Waals surface area (Å²) in [5.41, 5.74) is 5.24. The SMILES string of the molecule is O=C1c2ccccc2-c2nc(-c3ccc(O)cc3)cc(-c3ccccc3O)c21. The van der Waals surface area contributed by atoms with E-state index in [-0.39, 0.29) is 17.3 Å². The second kappa shape index (κ2) is 6.06. The highest BCUT2D eigenvalue weighted by Crippen LogP contribution is 2.44. The van der Waals surface area contributed by atoms with E-state index in [2.05, 4.69) is 0 Å². The molecule has 4 heteroatoms. The second-order valence-corrected chi connectivity index (χ2v) is 6.72. The van der Waals surface area contributed by atoms with Gasteiger partial charge < -0.3 is 10.2 Å². The number of rotatable bonds is 2. The summed E-state index contributed by atoms with van der Waals surface area (Å²) < 4.78 is 0. The summed E-state index contributed by atoms with van der Waals surface area (Å²) in [6, 6.07) is 23.0. The number of pyridine rings is 1. The lowest BCUT2D eigenvalue weighted by molar-refractivity contribution is 0.104. The highest BCUT2D eigenvalue weighted by atomic mass is 16.3. The topological polar surface area (TPSA) is 70.4 Å². The number of hydrogen-bond donors (Lipinski definition) is 2. The molecule has 0 bridgehead atoms. The lowest BCUT2D eigenvalue weighted by Gasteiger charge is -2.12. The Bertz CT molecular complexity index is 1240. The Labute approximate surface area is 161 Å². The molecule has 0 saturated carbocycles. The van der Waals surface area contributed by atoms with E-state index < -0.39 is 0 Å². The van der Waals surface area contributed by atoms with E-state index in [9.17, 15) is 15.0 Å². The van der Waals surface area contributed by atoms with Gasteiger partial charge in [-0.2, -0.15) is 0 Å². The molecule has 0 atom stereocenters. The number of carbonyl (C=O) groups is 1. The van der Waals surface area contributed by atoms with Crippen LogP contribution in [-0.2, 0) is 0 Å². The third-order valence-corrected chi connectivity index (χ3v) is 5.03. The average molecular weight is 365 g/mol. The van der Waals surface area contributed by atoms with Crippen LogP contribution in [0, 0.1) is 0 Å². The van der Waals surface area contributed by atoms with Gasteiger partial charge in [0.15, 0.2) is 5.78 Å². The Morgan fingerprint density at radius 1 is 0.679 bits per heavy atom. The number of fused-ring (bicyclic) bond motifs is 3. The van der Waals surface area contributed by atoms with Crippen LogP contribution >= 0.6 is 0 Å². The van der Waals surface area contributed by atoms with Gasteiger partial charge in [0, 0.05) is 27.8 Å². The van der Waals surface area contributed by atoms with E-state index in [1.807, 2.05) is 30.3 Å². The van der Waals surface area contributed by atoms with Crippen LogP contribution in [0.3, 0.4) is 0 Å². The molecular weight excluding hydrogens is 350 g/mol. The number of carbonyl (C=O) groups excluding carboxylic acids is 1. The molecule has 1 aromatic heterocycles. The number of aromatic hydroxyl groups is 2. The molecule has 2 N–H and O–H groups in total. The number of para-hydroxylation sites is 1. The van der Waals surface area contributed by atoms with Crippen molar-refractivity contribution in [1.29, 1.82) is 0 Å². The molecule has 134 valence electrons. The summed E-state index contributed by atoms with van der Waals surface area (Å²) in [7, 11) is 0. The van der Waals surface area contributed by atoms with Gasteiger partial charge in [-0.1, -0.05) is 42.5 Å². The van der Waals surface area contributed by atoms with E-state index >= 15 is 0 Å². The maximum Gasteiger partial charge on any atom is 0.196 e. The Balaban J connectivity index is 1.84. The van der Waals surface area contributed by atoms with Crippen molar-refractivity contribution < 1.29 is 15.0 Å². The van der Waals surface area contributed by atoms with Crippen molar-refractivity contribution in [2.24, 2.45) is 0 Å². The first-order chi connectivity index (χ1) is 13.6. The minimum atomic E-state index is -0.0893. The van der Waals surface area contributed by atoms with Crippen LogP contribution in [0.15, 0.2) is 78.9 Å². The first kappa shape index (κ1) is 16.3. The zero-order valence-corrected chi connectivity index (χ0v) is 14.8. The van der Waals surface area contributed by atoms with Crippen LogP contribution in [-0.4, -0.2) is 21.0 Å². The molecule has 0 saturated heterocycles. The van der Waals surface area contributed by atoms with Gasteiger partial charge in [-0.3, -0.25) is 4.79 Å². The van der Waals surface area contributed by atoms with Crippen molar-refractivity contribution in [2.45, 2.75) is 0 Å². The van der Waals surface area contributed by atoms with Crippen LogP contribution < -0.4 is 0 Å². The number of hydrogen-bond acceptors (Lipinski definition) is 4. The van der Waals surface area contributed by atoms with Crippen molar-refractivity contribution in [2.75, 3.05) is 0 Å².